The van der Waals surface area contributed by atoms with Gasteiger partial charge in [0.2, 0.25) is 0 Å². The maximum absolute atomic E-state index is 12.0. The van der Waals surface area contributed by atoms with Crippen LogP contribution >= 0.6 is 0 Å². The average Bonchev–Trinajstić information content (AvgIpc) is 2.24. The number of hydrogen-bond acceptors (Lipinski definition) is 2. The van der Waals surface area contributed by atoms with E-state index in [0.717, 1.165) is 16.9 Å². The summed E-state index contributed by atoms with van der Waals surface area (Å²) in [4.78, 5) is 12.0. The number of Topliss-reactive ketones (excluding diaryl/α,β-unsaturated/α-hetero) is 1. The molecule has 0 saturated heterocycles. The highest BCUT2D eigenvalue weighted by molar-refractivity contribution is 5.96. The Labute approximate surface area is 96.6 Å². The molecule has 2 rings (SSSR count). The Morgan fingerprint density at radius 3 is 2.75 bits per heavy atom. The van der Waals surface area contributed by atoms with Crippen molar-refractivity contribution in [1.82, 2.24) is 0 Å². The molecule has 0 spiro atoms. The minimum absolute atomic E-state index is 0.253. The van der Waals surface area contributed by atoms with E-state index in [2.05, 4.69) is 0 Å². The van der Waals surface area contributed by atoms with E-state index in [0.29, 0.717) is 12.3 Å². The second kappa shape index (κ2) is 4.69. The monoisotopic (exact) mass is 218 g/mol. The van der Waals surface area contributed by atoms with Crippen LogP contribution in [0.25, 0.3) is 0 Å². The lowest BCUT2D eigenvalue weighted by atomic mass is 9.81. The van der Waals surface area contributed by atoms with Crippen LogP contribution in [-0.4, -0.2) is 12.9 Å². The van der Waals surface area contributed by atoms with Crippen molar-refractivity contribution >= 4 is 5.78 Å². The zero-order valence-corrected chi connectivity index (χ0v) is 9.95. The van der Waals surface area contributed by atoms with Crippen LogP contribution in [0.4, 0.5) is 0 Å². The van der Waals surface area contributed by atoms with Crippen molar-refractivity contribution in [1.29, 1.82) is 0 Å². The smallest absolute Gasteiger partial charge is 0.163 e. The summed E-state index contributed by atoms with van der Waals surface area (Å²) in [5, 5.41) is 0. The molecule has 1 aliphatic rings. The summed E-state index contributed by atoms with van der Waals surface area (Å²) in [7, 11) is 1.64. The molecule has 16 heavy (non-hydrogen) atoms. The number of ether oxygens (including phenoxy) is 1. The number of methoxy groups -OCH3 is 1. The van der Waals surface area contributed by atoms with Gasteiger partial charge in [0.25, 0.3) is 0 Å². The number of carbonyl (C=O) groups is 1. The molecule has 0 radical (unpaired) electrons. The molecule has 0 bridgehead atoms. The molecule has 1 aliphatic carbocycles. The lowest BCUT2D eigenvalue weighted by molar-refractivity contribution is 0.0936. The minimum Gasteiger partial charge on any atom is -0.496 e. The molecular formula is C14H18O2. The van der Waals surface area contributed by atoms with Crippen molar-refractivity contribution in [2.45, 2.75) is 32.6 Å². The molecule has 2 nitrogen and oxygen atoms in total. The van der Waals surface area contributed by atoms with Crippen molar-refractivity contribution < 1.29 is 9.53 Å². The predicted octanol–water partition coefficient (Wildman–Crippen LogP) is 3.38. The fourth-order valence-corrected chi connectivity index (χ4v) is 2.07. The molecule has 1 fully saturated rings. The second-order valence-electron chi connectivity index (χ2n) is 4.61. The fraction of sp³-hybridized carbons (Fsp3) is 0.500. The fourth-order valence-electron chi connectivity index (χ4n) is 2.07. The lowest BCUT2D eigenvalue weighted by Gasteiger charge is -2.24. The molecule has 1 aromatic carbocycles. The summed E-state index contributed by atoms with van der Waals surface area (Å²) >= 11 is 0. The number of hydrogen-bond donors (Lipinski definition) is 0. The van der Waals surface area contributed by atoms with Crippen LogP contribution in [0.3, 0.4) is 0 Å². The van der Waals surface area contributed by atoms with E-state index in [9.17, 15) is 4.79 Å². The van der Waals surface area contributed by atoms with E-state index in [4.69, 9.17) is 4.74 Å². The first kappa shape index (κ1) is 11.2. The van der Waals surface area contributed by atoms with Crippen molar-refractivity contribution in [3.8, 4) is 5.75 Å². The second-order valence-corrected chi connectivity index (χ2v) is 4.61. The largest absolute Gasteiger partial charge is 0.496 e. The highest BCUT2D eigenvalue weighted by atomic mass is 16.5. The van der Waals surface area contributed by atoms with Gasteiger partial charge in [-0.05, 0) is 24.5 Å². The quantitative estimate of drug-likeness (QED) is 0.724. The Bertz CT molecular complexity index is 392. The number of benzene rings is 1. The normalized spacial score (nSPS) is 15.6. The van der Waals surface area contributed by atoms with Gasteiger partial charge in [-0.25, -0.2) is 0 Å². The Kier molecular flexibility index (Phi) is 3.28. The van der Waals surface area contributed by atoms with E-state index in [1.807, 2.05) is 25.1 Å². The maximum Gasteiger partial charge on any atom is 0.163 e. The third-order valence-electron chi connectivity index (χ3n) is 3.43. The van der Waals surface area contributed by atoms with E-state index < -0.39 is 0 Å². The van der Waals surface area contributed by atoms with Crippen molar-refractivity contribution in [3.63, 3.8) is 0 Å². The van der Waals surface area contributed by atoms with Crippen LogP contribution in [0.1, 0.15) is 41.6 Å². The van der Waals surface area contributed by atoms with Crippen LogP contribution in [0, 0.1) is 12.8 Å². The Morgan fingerprint density at radius 1 is 1.44 bits per heavy atom. The topological polar surface area (TPSA) is 26.3 Å². The summed E-state index contributed by atoms with van der Waals surface area (Å²) in [6, 6.07) is 5.71. The first-order valence-corrected chi connectivity index (χ1v) is 5.88. The SMILES string of the molecule is COc1cc(C(=O)CC2CCC2)ccc1C. The summed E-state index contributed by atoms with van der Waals surface area (Å²) < 4.78 is 5.23. The molecule has 0 N–H and O–H groups in total. The van der Waals surface area contributed by atoms with E-state index >= 15 is 0 Å². The van der Waals surface area contributed by atoms with Crippen LogP contribution in [0.2, 0.25) is 0 Å². The molecule has 0 aliphatic heterocycles. The van der Waals surface area contributed by atoms with Gasteiger partial charge in [0.15, 0.2) is 5.78 Å². The molecule has 2 heteroatoms. The van der Waals surface area contributed by atoms with Gasteiger partial charge in [0.05, 0.1) is 7.11 Å². The minimum atomic E-state index is 0.253. The van der Waals surface area contributed by atoms with Crippen molar-refractivity contribution in [2.75, 3.05) is 7.11 Å². The highest BCUT2D eigenvalue weighted by Gasteiger charge is 2.21. The Hall–Kier alpha value is -1.31. The summed E-state index contributed by atoms with van der Waals surface area (Å²) in [6.07, 6.45) is 4.42. The van der Waals surface area contributed by atoms with Gasteiger partial charge in [-0.2, -0.15) is 0 Å². The molecule has 0 unspecified atom stereocenters. The number of aryl methyl sites for hydroxylation is 1. The van der Waals surface area contributed by atoms with Gasteiger partial charge in [0, 0.05) is 12.0 Å². The zero-order valence-electron chi connectivity index (χ0n) is 9.95. The van der Waals surface area contributed by atoms with E-state index in [1.54, 1.807) is 7.11 Å². The van der Waals surface area contributed by atoms with E-state index in [1.165, 1.54) is 19.3 Å². The van der Waals surface area contributed by atoms with Crippen molar-refractivity contribution in [2.24, 2.45) is 5.92 Å². The maximum atomic E-state index is 12.0. The van der Waals surface area contributed by atoms with Crippen LogP contribution in [0.5, 0.6) is 5.75 Å². The number of ketones is 1. The van der Waals surface area contributed by atoms with Crippen LogP contribution < -0.4 is 4.74 Å². The Morgan fingerprint density at radius 2 is 2.19 bits per heavy atom. The summed E-state index contributed by atoms with van der Waals surface area (Å²) in [6.45, 7) is 1.99. The lowest BCUT2D eigenvalue weighted by Crippen LogP contribution is -2.16. The predicted molar refractivity (Wildman–Crippen MR) is 64.0 cm³/mol. The zero-order chi connectivity index (χ0) is 11.5. The van der Waals surface area contributed by atoms with E-state index in [-0.39, 0.29) is 5.78 Å². The molecule has 86 valence electrons. The molecule has 0 amide bonds. The number of rotatable bonds is 4. The van der Waals surface area contributed by atoms with Gasteiger partial charge in [-0.1, -0.05) is 31.4 Å². The van der Waals surface area contributed by atoms with Crippen LogP contribution in [0.15, 0.2) is 18.2 Å². The van der Waals surface area contributed by atoms with Crippen molar-refractivity contribution in [3.05, 3.63) is 29.3 Å². The molecule has 1 aromatic rings. The third kappa shape index (κ3) is 2.26. The molecular weight excluding hydrogens is 200 g/mol. The van der Waals surface area contributed by atoms with Gasteiger partial charge in [-0.15, -0.1) is 0 Å². The molecule has 0 atom stereocenters. The standard InChI is InChI=1S/C14H18O2/c1-10-6-7-12(9-14(10)16-2)13(15)8-11-4-3-5-11/h6-7,9,11H,3-5,8H2,1-2H3. The van der Waals surface area contributed by atoms with Gasteiger partial charge in [0.1, 0.15) is 5.75 Å². The first-order valence-electron chi connectivity index (χ1n) is 5.88. The summed E-state index contributed by atoms with van der Waals surface area (Å²) in [5.41, 5.74) is 1.86. The van der Waals surface area contributed by atoms with Crippen LogP contribution in [-0.2, 0) is 0 Å². The highest BCUT2D eigenvalue weighted by Crippen LogP contribution is 2.31. The molecule has 1 saturated carbocycles. The van der Waals surface area contributed by atoms with Gasteiger partial charge >= 0.3 is 0 Å². The first-order chi connectivity index (χ1) is 7.70. The molecule has 0 aromatic heterocycles. The average molecular weight is 218 g/mol. The third-order valence-corrected chi connectivity index (χ3v) is 3.43. The number of carbonyl (C=O) groups excluding carboxylic acids is 1. The Balaban J connectivity index is 2.09. The van der Waals surface area contributed by atoms with Gasteiger partial charge in [-0.3, -0.25) is 4.79 Å². The van der Waals surface area contributed by atoms with Gasteiger partial charge < -0.3 is 4.74 Å². The molecule has 0 heterocycles. The summed E-state index contributed by atoms with van der Waals surface area (Å²) in [5.74, 6) is 1.68.